The largest absolute Gasteiger partial charge is 0.335 e. The summed E-state index contributed by atoms with van der Waals surface area (Å²) in [6.45, 7) is 2.71. The standard InChI is InChI=1S/C17H24N4O2/c1-12(13-5-2-6-13)19-17(23)20-15-8-4-10-21(16(15)22)14-7-3-9-18-11-14/h3,7,9,11-13,15H,2,4-6,8,10H2,1H3,(H2,19,20,23)/t12-,15+/m0/s1. The van der Waals surface area contributed by atoms with Gasteiger partial charge >= 0.3 is 6.03 Å². The third kappa shape index (κ3) is 3.63. The number of aromatic nitrogens is 1. The molecule has 23 heavy (non-hydrogen) atoms. The van der Waals surface area contributed by atoms with E-state index in [1.165, 1.54) is 19.3 Å². The SMILES string of the molecule is C[C@H](NC(=O)N[C@@H]1CCCN(c2cccnc2)C1=O)C1CCC1. The molecule has 6 nitrogen and oxygen atoms in total. The molecule has 2 fully saturated rings. The molecule has 1 saturated carbocycles. The number of hydrogen-bond donors (Lipinski definition) is 2. The van der Waals surface area contributed by atoms with Gasteiger partial charge in [-0.2, -0.15) is 0 Å². The molecule has 2 N–H and O–H groups in total. The fourth-order valence-corrected chi connectivity index (χ4v) is 3.24. The summed E-state index contributed by atoms with van der Waals surface area (Å²) in [5, 5.41) is 5.81. The molecule has 0 aromatic carbocycles. The highest BCUT2D eigenvalue weighted by Gasteiger charge is 2.32. The summed E-state index contributed by atoms with van der Waals surface area (Å²) in [4.78, 5) is 30.5. The van der Waals surface area contributed by atoms with E-state index >= 15 is 0 Å². The molecule has 0 unspecified atom stereocenters. The minimum Gasteiger partial charge on any atom is -0.335 e. The Bertz CT molecular complexity index is 559. The lowest BCUT2D eigenvalue weighted by molar-refractivity contribution is -0.121. The number of carbonyl (C=O) groups excluding carboxylic acids is 2. The Morgan fingerprint density at radius 1 is 1.35 bits per heavy atom. The van der Waals surface area contributed by atoms with Crippen LogP contribution in [0.2, 0.25) is 0 Å². The number of rotatable bonds is 4. The summed E-state index contributed by atoms with van der Waals surface area (Å²) >= 11 is 0. The number of pyridine rings is 1. The van der Waals surface area contributed by atoms with E-state index in [1.807, 2.05) is 19.1 Å². The van der Waals surface area contributed by atoms with Gasteiger partial charge in [-0.15, -0.1) is 0 Å². The quantitative estimate of drug-likeness (QED) is 0.893. The lowest BCUT2D eigenvalue weighted by Gasteiger charge is -2.34. The van der Waals surface area contributed by atoms with E-state index in [2.05, 4.69) is 15.6 Å². The zero-order valence-corrected chi connectivity index (χ0v) is 13.5. The summed E-state index contributed by atoms with van der Waals surface area (Å²) in [6.07, 6.45) is 8.52. The fraction of sp³-hybridized carbons (Fsp3) is 0.588. The Morgan fingerprint density at radius 3 is 2.83 bits per heavy atom. The zero-order chi connectivity index (χ0) is 16.2. The predicted molar refractivity (Wildman–Crippen MR) is 88.1 cm³/mol. The molecule has 1 saturated heterocycles. The number of carbonyl (C=O) groups is 2. The van der Waals surface area contributed by atoms with Crippen molar-refractivity contribution in [2.75, 3.05) is 11.4 Å². The van der Waals surface area contributed by atoms with Crippen LogP contribution in [0.3, 0.4) is 0 Å². The fourth-order valence-electron chi connectivity index (χ4n) is 3.24. The van der Waals surface area contributed by atoms with Gasteiger partial charge in [0.2, 0.25) is 5.91 Å². The monoisotopic (exact) mass is 316 g/mol. The first-order valence-corrected chi connectivity index (χ1v) is 8.43. The first-order chi connectivity index (χ1) is 11.1. The van der Waals surface area contributed by atoms with Gasteiger partial charge in [-0.3, -0.25) is 9.78 Å². The Kier molecular flexibility index (Phi) is 4.79. The van der Waals surface area contributed by atoms with E-state index < -0.39 is 6.04 Å². The minimum atomic E-state index is -0.461. The van der Waals surface area contributed by atoms with E-state index in [-0.39, 0.29) is 18.0 Å². The van der Waals surface area contributed by atoms with E-state index in [9.17, 15) is 9.59 Å². The molecule has 6 heteroatoms. The topological polar surface area (TPSA) is 74.3 Å². The molecule has 2 heterocycles. The Morgan fingerprint density at radius 2 is 2.17 bits per heavy atom. The molecule has 3 amide bonds. The Labute approximate surface area is 136 Å². The summed E-state index contributed by atoms with van der Waals surface area (Å²) in [5.41, 5.74) is 0.784. The molecule has 0 spiro atoms. The Hall–Kier alpha value is -2.11. The van der Waals surface area contributed by atoms with Crippen molar-refractivity contribution in [1.29, 1.82) is 0 Å². The minimum absolute atomic E-state index is 0.0595. The normalized spacial score (nSPS) is 23.1. The van der Waals surface area contributed by atoms with Crippen LogP contribution in [0.1, 0.15) is 39.0 Å². The van der Waals surface area contributed by atoms with E-state index in [4.69, 9.17) is 0 Å². The van der Waals surface area contributed by atoms with Gasteiger partial charge in [0, 0.05) is 18.8 Å². The van der Waals surface area contributed by atoms with Gasteiger partial charge in [-0.1, -0.05) is 6.42 Å². The van der Waals surface area contributed by atoms with Gasteiger partial charge < -0.3 is 15.5 Å². The smallest absolute Gasteiger partial charge is 0.315 e. The molecular formula is C17H24N4O2. The van der Waals surface area contributed by atoms with Crippen LogP contribution in [0.4, 0.5) is 10.5 Å². The van der Waals surface area contributed by atoms with Crippen LogP contribution in [0, 0.1) is 5.92 Å². The van der Waals surface area contributed by atoms with Gasteiger partial charge in [0.15, 0.2) is 0 Å². The maximum Gasteiger partial charge on any atom is 0.315 e. The number of anilines is 1. The maximum atomic E-state index is 12.6. The molecular weight excluding hydrogens is 292 g/mol. The van der Waals surface area contributed by atoms with Crippen molar-refractivity contribution in [3.8, 4) is 0 Å². The number of nitrogens with zero attached hydrogens (tertiary/aromatic N) is 2. The third-order valence-electron chi connectivity index (χ3n) is 4.92. The van der Waals surface area contributed by atoms with Crippen molar-refractivity contribution in [3.05, 3.63) is 24.5 Å². The van der Waals surface area contributed by atoms with Gasteiger partial charge in [-0.05, 0) is 50.7 Å². The molecule has 1 aromatic heterocycles. The van der Waals surface area contributed by atoms with Crippen LogP contribution < -0.4 is 15.5 Å². The van der Waals surface area contributed by atoms with Crippen molar-refractivity contribution < 1.29 is 9.59 Å². The average molecular weight is 316 g/mol. The van der Waals surface area contributed by atoms with Gasteiger partial charge in [0.05, 0.1) is 11.9 Å². The highest BCUT2D eigenvalue weighted by atomic mass is 16.2. The summed E-state index contributed by atoms with van der Waals surface area (Å²) in [5.74, 6) is 0.519. The van der Waals surface area contributed by atoms with Crippen molar-refractivity contribution >= 4 is 17.6 Å². The number of amides is 3. The van der Waals surface area contributed by atoms with Crippen LogP contribution in [0.25, 0.3) is 0 Å². The molecule has 2 aliphatic rings. The molecule has 0 bridgehead atoms. The van der Waals surface area contributed by atoms with Gasteiger partial charge in [0.25, 0.3) is 0 Å². The summed E-state index contributed by atoms with van der Waals surface area (Å²) < 4.78 is 0. The van der Waals surface area contributed by atoms with Crippen LogP contribution in [-0.2, 0) is 4.79 Å². The number of urea groups is 1. The van der Waals surface area contributed by atoms with Crippen LogP contribution in [0.15, 0.2) is 24.5 Å². The molecule has 1 aromatic rings. The highest BCUT2D eigenvalue weighted by molar-refractivity contribution is 5.99. The van der Waals surface area contributed by atoms with Crippen LogP contribution >= 0.6 is 0 Å². The lowest BCUT2D eigenvalue weighted by atomic mass is 9.80. The first-order valence-electron chi connectivity index (χ1n) is 8.43. The van der Waals surface area contributed by atoms with Gasteiger partial charge in [0.1, 0.15) is 6.04 Å². The molecule has 124 valence electrons. The van der Waals surface area contributed by atoms with Crippen molar-refractivity contribution in [1.82, 2.24) is 15.6 Å². The van der Waals surface area contributed by atoms with E-state index in [1.54, 1.807) is 17.3 Å². The number of hydrogen-bond acceptors (Lipinski definition) is 3. The van der Waals surface area contributed by atoms with Crippen molar-refractivity contribution in [2.24, 2.45) is 5.92 Å². The summed E-state index contributed by atoms with van der Waals surface area (Å²) in [6, 6.07) is 3.14. The molecule has 0 radical (unpaired) electrons. The molecule has 2 atom stereocenters. The third-order valence-corrected chi connectivity index (χ3v) is 4.92. The molecule has 1 aliphatic carbocycles. The molecule has 1 aliphatic heterocycles. The first kappa shape index (κ1) is 15.8. The van der Waals surface area contributed by atoms with Crippen LogP contribution in [-0.4, -0.2) is 35.6 Å². The highest BCUT2D eigenvalue weighted by Crippen LogP contribution is 2.29. The Balaban J connectivity index is 1.56. The molecule has 3 rings (SSSR count). The number of nitrogens with one attached hydrogen (secondary N) is 2. The van der Waals surface area contributed by atoms with E-state index in [0.717, 1.165) is 12.1 Å². The van der Waals surface area contributed by atoms with Crippen molar-refractivity contribution in [2.45, 2.75) is 51.1 Å². The average Bonchev–Trinajstić information content (AvgIpc) is 2.48. The van der Waals surface area contributed by atoms with Gasteiger partial charge in [-0.25, -0.2) is 4.79 Å². The predicted octanol–water partition coefficient (Wildman–Crippen LogP) is 2.06. The second kappa shape index (κ2) is 6.98. The summed E-state index contributed by atoms with van der Waals surface area (Å²) in [7, 11) is 0. The number of piperidine rings is 1. The zero-order valence-electron chi connectivity index (χ0n) is 13.5. The van der Waals surface area contributed by atoms with Crippen molar-refractivity contribution in [3.63, 3.8) is 0 Å². The lowest BCUT2D eigenvalue weighted by Crippen LogP contribution is -2.56. The van der Waals surface area contributed by atoms with Crippen LogP contribution in [0.5, 0.6) is 0 Å². The maximum absolute atomic E-state index is 12.6. The van der Waals surface area contributed by atoms with E-state index in [0.29, 0.717) is 18.9 Å². The second-order valence-electron chi connectivity index (χ2n) is 6.49. The second-order valence-corrected chi connectivity index (χ2v) is 6.49.